The van der Waals surface area contributed by atoms with E-state index in [0.717, 1.165) is 31.2 Å². The molecule has 0 aliphatic heterocycles. The van der Waals surface area contributed by atoms with Crippen LogP contribution < -0.4 is 19.5 Å². The number of hydrogen-bond acceptors (Lipinski definition) is 5. The van der Waals surface area contributed by atoms with Crippen LogP contribution in [0.15, 0.2) is 47.4 Å². The Morgan fingerprint density at radius 2 is 1.77 bits per heavy atom. The fourth-order valence-corrected chi connectivity index (χ4v) is 4.39. The first-order chi connectivity index (χ1) is 14.4. The van der Waals surface area contributed by atoms with Crippen LogP contribution in [0.2, 0.25) is 0 Å². The minimum Gasteiger partial charge on any atom is -0.493 e. The lowest BCUT2D eigenvalue weighted by Crippen LogP contribution is -2.27. The third-order valence-corrected chi connectivity index (χ3v) is 6.50. The number of rotatable bonds is 9. The lowest BCUT2D eigenvalue weighted by molar-refractivity contribution is -0.116. The molecule has 0 aromatic heterocycles. The van der Waals surface area contributed by atoms with Crippen LogP contribution in [0.3, 0.4) is 0 Å². The van der Waals surface area contributed by atoms with E-state index < -0.39 is 10.0 Å². The molecule has 2 N–H and O–H groups in total. The van der Waals surface area contributed by atoms with Gasteiger partial charge in [0.1, 0.15) is 0 Å². The quantitative estimate of drug-likeness (QED) is 0.631. The monoisotopic (exact) mass is 432 g/mol. The summed E-state index contributed by atoms with van der Waals surface area (Å²) in [6, 6.07) is 11.8. The molecule has 0 atom stereocenters. The lowest BCUT2D eigenvalue weighted by atomic mass is 10.2. The van der Waals surface area contributed by atoms with Crippen LogP contribution in [0, 0.1) is 6.92 Å². The molecule has 8 heteroatoms. The highest BCUT2D eigenvalue weighted by atomic mass is 32.2. The molecule has 0 heterocycles. The van der Waals surface area contributed by atoms with Gasteiger partial charge in [-0.1, -0.05) is 17.7 Å². The van der Waals surface area contributed by atoms with Gasteiger partial charge in [0.25, 0.3) is 0 Å². The summed E-state index contributed by atoms with van der Waals surface area (Å²) in [4.78, 5) is 12.4. The van der Waals surface area contributed by atoms with Gasteiger partial charge >= 0.3 is 0 Å². The molecule has 3 rings (SSSR count). The molecule has 2 aromatic rings. The van der Waals surface area contributed by atoms with Crippen LogP contribution >= 0.6 is 0 Å². The zero-order chi connectivity index (χ0) is 21.6. The molecule has 0 spiro atoms. The topological polar surface area (TPSA) is 93.7 Å². The molecule has 0 bridgehead atoms. The van der Waals surface area contributed by atoms with Crippen molar-refractivity contribution in [2.24, 2.45) is 0 Å². The number of ether oxygens (including phenoxy) is 2. The van der Waals surface area contributed by atoms with Gasteiger partial charge in [-0.15, -0.1) is 0 Å². The van der Waals surface area contributed by atoms with Crippen molar-refractivity contribution in [1.29, 1.82) is 0 Å². The number of anilines is 1. The number of carbonyl (C=O) groups excluding carboxylic acids is 1. The number of nitrogens with one attached hydrogen (secondary N) is 2. The zero-order valence-electron chi connectivity index (χ0n) is 17.3. The summed E-state index contributed by atoms with van der Waals surface area (Å²) in [6.45, 7) is 1.89. The van der Waals surface area contributed by atoms with Crippen LogP contribution in [0.25, 0.3) is 0 Å². The van der Waals surface area contributed by atoms with Crippen molar-refractivity contribution in [1.82, 2.24) is 4.72 Å². The Morgan fingerprint density at radius 3 is 2.43 bits per heavy atom. The Hall–Kier alpha value is -2.58. The largest absolute Gasteiger partial charge is 0.493 e. The molecule has 0 unspecified atom stereocenters. The highest BCUT2D eigenvalue weighted by Gasteiger charge is 2.19. The molecule has 162 valence electrons. The fourth-order valence-electron chi connectivity index (χ4n) is 3.36. The second-order valence-electron chi connectivity index (χ2n) is 7.40. The van der Waals surface area contributed by atoms with E-state index in [1.165, 1.54) is 0 Å². The molecule has 1 aliphatic carbocycles. The number of hydrogen-bond donors (Lipinski definition) is 2. The first kappa shape index (κ1) is 22.1. The molecule has 0 radical (unpaired) electrons. The van der Waals surface area contributed by atoms with Gasteiger partial charge in [0.15, 0.2) is 11.5 Å². The van der Waals surface area contributed by atoms with Crippen molar-refractivity contribution < 1.29 is 22.7 Å². The standard InChI is InChI=1S/C22H28N2O5S/c1-16-7-10-19(11-8-16)30(26,27)23-14-13-22(25)24-17-9-12-20(28-2)21(15-17)29-18-5-3-4-6-18/h7-12,15,18,23H,3-6,13-14H2,1-2H3,(H,24,25). The Kier molecular flexibility index (Phi) is 7.33. The molecule has 1 amide bonds. The summed E-state index contributed by atoms with van der Waals surface area (Å²) in [5.74, 6) is 0.923. The summed E-state index contributed by atoms with van der Waals surface area (Å²) in [5, 5.41) is 2.78. The summed E-state index contributed by atoms with van der Waals surface area (Å²) >= 11 is 0. The average Bonchev–Trinajstić information content (AvgIpc) is 3.21. The minimum atomic E-state index is -3.64. The SMILES string of the molecule is COc1ccc(NC(=O)CCNS(=O)(=O)c2ccc(C)cc2)cc1OC1CCCC1. The summed E-state index contributed by atoms with van der Waals surface area (Å²) in [5.41, 5.74) is 1.55. The van der Waals surface area contributed by atoms with Crippen molar-refractivity contribution >= 4 is 21.6 Å². The van der Waals surface area contributed by atoms with Gasteiger partial charge in [0, 0.05) is 24.7 Å². The first-order valence-electron chi connectivity index (χ1n) is 10.1. The molecule has 1 fully saturated rings. The van der Waals surface area contributed by atoms with Gasteiger partial charge in [-0.2, -0.15) is 0 Å². The summed E-state index contributed by atoms with van der Waals surface area (Å²) in [6.07, 6.45) is 4.52. The smallest absolute Gasteiger partial charge is 0.240 e. The van der Waals surface area contributed by atoms with Gasteiger partial charge in [-0.3, -0.25) is 4.79 Å². The molecule has 30 heavy (non-hydrogen) atoms. The third-order valence-electron chi connectivity index (χ3n) is 5.02. The predicted molar refractivity (Wildman–Crippen MR) is 115 cm³/mol. The first-order valence-corrected chi connectivity index (χ1v) is 11.6. The van der Waals surface area contributed by atoms with E-state index in [4.69, 9.17) is 9.47 Å². The Balaban J connectivity index is 1.54. The van der Waals surface area contributed by atoms with E-state index >= 15 is 0 Å². The number of sulfonamides is 1. The molecular formula is C22H28N2O5S. The van der Waals surface area contributed by atoms with E-state index in [1.807, 2.05) is 6.92 Å². The normalized spacial score (nSPS) is 14.5. The van der Waals surface area contributed by atoms with Crippen molar-refractivity contribution in [2.45, 2.75) is 50.0 Å². The number of aryl methyl sites for hydroxylation is 1. The highest BCUT2D eigenvalue weighted by Crippen LogP contribution is 2.33. The van der Waals surface area contributed by atoms with Gasteiger partial charge in [0.2, 0.25) is 15.9 Å². The average molecular weight is 433 g/mol. The molecule has 2 aromatic carbocycles. The maximum absolute atomic E-state index is 12.3. The molecule has 7 nitrogen and oxygen atoms in total. The van der Waals surface area contributed by atoms with Crippen LogP contribution in [0.5, 0.6) is 11.5 Å². The highest BCUT2D eigenvalue weighted by molar-refractivity contribution is 7.89. The Morgan fingerprint density at radius 1 is 1.07 bits per heavy atom. The van der Waals surface area contributed by atoms with Crippen molar-refractivity contribution in [2.75, 3.05) is 19.0 Å². The van der Waals surface area contributed by atoms with Crippen LogP contribution in [0.4, 0.5) is 5.69 Å². The predicted octanol–water partition coefficient (Wildman–Crippen LogP) is 3.63. The minimum absolute atomic E-state index is 0.00360. The Labute approximate surface area is 177 Å². The van der Waals surface area contributed by atoms with Gasteiger partial charge in [-0.05, 0) is 56.9 Å². The van der Waals surface area contributed by atoms with Crippen molar-refractivity contribution in [3.05, 3.63) is 48.0 Å². The summed E-state index contributed by atoms with van der Waals surface area (Å²) < 4.78 is 38.4. The zero-order valence-corrected chi connectivity index (χ0v) is 18.1. The van der Waals surface area contributed by atoms with Crippen molar-refractivity contribution in [3.63, 3.8) is 0 Å². The van der Waals surface area contributed by atoms with E-state index in [2.05, 4.69) is 10.0 Å². The second kappa shape index (κ2) is 9.95. The molecule has 1 saturated carbocycles. The maximum Gasteiger partial charge on any atom is 0.240 e. The van der Waals surface area contributed by atoms with E-state index in [-0.39, 0.29) is 29.9 Å². The van der Waals surface area contributed by atoms with E-state index in [0.29, 0.717) is 17.2 Å². The second-order valence-corrected chi connectivity index (χ2v) is 9.17. The van der Waals surface area contributed by atoms with E-state index in [1.54, 1.807) is 49.6 Å². The molecular weight excluding hydrogens is 404 g/mol. The molecule has 0 saturated heterocycles. The van der Waals surface area contributed by atoms with Crippen molar-refractivity contribution in [3.8, 4) is 11.5 Å². The van der Waals surface area contributed by atoms with Crippen LogP contribution in [-0.4, -0.2) is 34.1 Å². The summed E-state index contributed by atoms with van der Waals surface area (Å²) in [7, 11) is -2.06. The number of benzene rings is 2. The third kappa shape index (κ3) is 5.96. The number of methoxy groups -OCH3 is 1. The van der Waals surface area contributed by atoms with Crippen LogP contribution in [0.1, 0.15) is 37.7 Å². The van der Waals surface area contributed by atoms with Gasteiger partial charge in [-0.25, -0.2) is 13.1 Å². The lowest BCUT2D eigenvalue weighted by Gasteiger charge is -2.17. The number of carbonyl (C=O) groups is 1. The maximum atomic E-state index is 12.3. The van der Waals surface area contributed by atoms with Gasteiger partial charge in [0.05, 0.1) is 18.1 Å². The Bertz CT molecular complexity index is 968. The van der Waals surface area contributed by atoms with Gasteiger partial charge < -0.3 is 14.8 Å². The number of amides is 1. The molecule has 1 aliphatic rings. The van der Waals surface area contributed by atoms with Crippen LogP contribution in [-0.2, 0) is 14.8 Å². The van der Waals surface area contributed by atoms with E-state index in [9.17, 15) is 13.2 Å². The fraction of sp³-hybridized carbons (Fsp3) is 0.409.